The largest absolute Gasteiger partial charge is 0.322 e. The van der Waals surface area contributed by atoms with E-state index in [1.54, 1.807) is 78.9 Å². The quantitative estimate of drug-likeness (QED) is 0.386. The molecule has 0 saturated carbocycles. The van der Waals surface area contributed by atoms with E-state index in [9.17, 15) is 14.4 Å². The van der Waals surface area contributed by atoms with E-state index in [-0.39, 0.29) is 16.9 Å². The van der Waals surface area contributed by atoms with E-state index in [1.807, 2.05) is 6.07 Å². The number of anilines is 1. The van der Waals surface area contributed by atoms with Crippen molar-refractivity contribution in [2.45, 2.75) is 0 Å². The molecule has 0 aromatic heterocycles. The molecule has 0 spiro atoms. The lowest BCUT2D eigenvalue weighted by Gasteiger charge is -2.11. The van der Waals surface area contributed by atoms with Crippen LogP contribution in [0.4, 0.5) is 5.69 Å². The predicted molar refractivity (Wildman–Crippen MR) is 118 cm³/mol. The van der Waals surface area contributed by atoms with Gasteiger partial charge in [-0.1, -0.05) is 36.4 Å². The molecule has 0 bridgehead atoms. The molecular formula is C22H18N4O3S. The third-order valence-electron chi connectivity index (χ3n) is 3.99. The van der Waals surface area contributed by atoms with Gasteiger partial charge in [-0.15, -0.1) is 0 Å². The van der Waals surface area contributed by atoms with Gasteiger partial charge in [0, 0.05) is 22.4 Å². The SMILES string of the molecule is O=C(NNC(=S)NC(=O)c1ccccc1)c1ccc(NC(=O)c2ccccc2)cc1. The van der Waals surface area contributed by atoms with Crippen molar-refractivity contribution in [3.05, 3.63) is 102 Å². The van der Waals surface area contributed by atoms with E-state index < -0.39 is 5.91 Å². The van der Waals surface area contributed by atoms with Crippen LogP contribution in [-0.2, 0) is 0 Å². The van der Waals surface area contributed by atoms with Crippen molar-refractivity contribution in [1.29, 1.82) is 0 Å². The summed E-state index contributed by atoms with van der Waals surface area (Å²) in [4.78, 5) is 36.4. The lowest BCUT2D eigenvalue weighted by molar-refractivity contribution is 0.0934. The summed E-state index contributed by atoms with van der Waals surface area (Å²) in [6, 6.07) is 23.7. The minimum absolute atomic E-state index is 0.0380. The Labute approximate surface area is 178 Å². The minimum atomic E-state index is -0.452. The molecule has 0 fully saturated rings. The highest BCUT2D eigenvalue weighted by atomic mass is 32.1. The van der Waals surface area contributed by atoms with Crippen LogP contribution in [0, 0.1) is 0 Å². The van der Waals surface area contributed by atoms with Crippen molar-refractivity contribution in [3.8, 4) is 0 Å². The van der Waals surface area contributed by atoms with Crippen LogP contribution in [0.25, 0.3) is 0 Å². The summed E-state index contributed by atoms with van der Waals surface area (Å²) < 4.78 is 0. The molecule has 0 aliphatic carbocycles. The fourth-order valence-corrected chi connectivity index (χ4v) is 2.62. The zero-order chi connectivity index (χ0) is 21.3. The fourth-order valence-electron chi connectivity index (χ4n) is 2.48. The number of carbonyl (C=O) groups excluding carboxylic acids is 3. The smallest absolute Gasteiger partial charge is 0.269 e. The number of rotatable bonds is 4. The number of carbonyl (C=O) groups is 3. The van der Waals surface area contributed by atoms with E-state index >= 15 is 0 Å². The van der Waals surface area contributed by atoms with E-state index in [0.717, 1.165) is 0 Å². The molecular weight excluding hydrogens is 400 g/mol. The Bertz CT molecular complexity index is 1050. The van der Waals surface area contributed by atoms with Gasteiger partial charge in [0.15, 0.2) is 5.11 Å². The van der Waals surface area contributed by atoms with Crippen LogP contribution >= 0.6 is 12.2 Å². The second-order valence-electron chi connectivity index (χ2n) is 6.13. The monoisotopic (exact) mass is 418 g/mol. The third-order valence-corrected chi connectivity index (χ3v) is 4.20. The summed E-state index contributed by atoms with van der Waals surface area (Å²) in [7, 11) is 0. The molecule has 7 nitrogen and oxygen atoms in total. The summed E-state index contributed by atoms with van der Waals surface area (Å²) >= 11 is 5.01. The van der Waals surface area contributed by atoms with E-state index in [4.69, 9.17) is 12.2 Å². The van der Waals surface area contributed by atoms with Crippen LogP contribution in [0.15, 0.2) is 84.9 Å². The zero-order valence-electron chi connectivity index (χ0n) is 15.7. The summed E-state index contributed by atoms with van der Waals surface area (Å²) in [6.45, 7) is 0. The Hall–Kier alpha value is -4.04. The van der Waals surface area contributed by atoms with Gasteiger partial charge in [0.1, 0.15) is 0 Å². The first-order valence-corrected chi connectivity index (χ1v) is 9.37. The number of hydrazine groups is 1. The van der Waals surface area contributed by atoms with Gasteiger partial charge in [0.25, 0.3) is 17.7 Å². The average Bonchev–Trinajstić information content (AvgIpc) is 2.79. The maximum atomic E-state index is 12.2. The van der Waals surface area contributed by atoms with E-state index in [2.05, 4.69) is 21.5 Å². The Kier molecular flexibility index (Phi) is 6.86. The van der Waals surface area contributed by atoms with Crippen LogP contribution in [0.2, 0.25) is 0 Å². The Morgan fingerprint density at radius 1 is 0.567 bits per heavy atom. The van der Waals surface area contributed by atoms with Crippen molar-refractivity contribution in [1.82, 2.24) is 16.2 Å². The van der Waals surface area contributed by atoms with Crippen molar-refractivity contribution >= 4 is 40.7 Å². The lowest BCUT2D eigenvalue weighted by Crippen LogP contribution is -2.48. The van der Waals surface area contributed by atoms with Crippen LogP contribution < -0.4 is 21.5 Å². The first-order valence-electron chi connectivity index (χ1n) is 8.96. The standard InChI is InChI=1S/C22H18N4O3S/c27-19(15-7-3-1-4-8-15)23-18-13-11-17(12-14-18)21(29)25-26-22(30)24-20(28)16-9-5-2-6-10-16/h1-14H,(H,23,27)(H,25,29)(H2,24,26,28,30). The van der Waals surface area contributed by atoms with Gasteiger partial charge in [-0.3, -0.25) is 30.6 Å². The summed E-state index contributed by atoms with van der Waals surface area (Å²) in [5, 5.41) is 5.19. The second kappa shape index (κ2) is 9.94. The second-order valence-corrected chi connectivity index (χ2v) is 6.53. The summed E-state index contributed by atoms with van der Waals surface area (Å²) in [5.74, 6) is -1.08. The average molecular weight is 418 g/mol. The lowest BCUT2D eigenvalue weighted by atomic mass is 10.1. The highest BCUT2D eigenvalue weighted by Gasteiger charge is 2.10. The van der Waals surface area contributed by atoms with E-state index in [0.29, 0.717) is 22.4 Å². The van der Waals surface area contributed by atoms with E-state index in [1.165, 1.54) is 0 Å². The highest BCUT2D eigenvalue weighted by Crippen LogP contribution is 2.11. The molecule has 0 atom stereocenters. The third kappa shape index (κ3) is 5.73. The predicted octanol–water partition coefficient (Wildman–Crippen LogP) is 2.89. The van der Waals surface area contributed by atoms with Gasteiger partial charge in [0.2, 0.25) is 0 Å². The number of benzene rings is 3. The summed E-state index contributed by atoms with van der Waals surface area (Å²) in [6.07, 6.45) is 0. The molecule has 3 aromatic carbocycles. The van der Waals surface area contributed by atoms with Gasteiger partial charge in [0.05, 0.1) is 0 Å². The van der Waals surface area contributed by atoms with Crippen LogP contribution in [-0.4, -0.2) is 22.8 Å². The molecule has 30 heavy (non-hydrogen) atoms. The first kappa shape index (κ1) is 20.7. The van der Waals surface area contributed by atoms with Crippen LogP contribution in [0.3, 0.4) is 0 Å². The van der Waals surface area contributed by atoms with Crippen LogP contribution in [0.5, 0.6) is 0 Å². The molecule has 150 valence electrons. The molecule has 0 aliphatic rings. The molecule has 3 amide bonds. The van der Waals surface area contributed by atoms with Gasteiger partial charge < -0.3 is 5.32 Å². The van der Waals surface area contributed by atoms with Crippen molar-refractivity contribution in [2.24, 2.45) is 0 Å². The molecule has 0 radical (unpaired) electrons. The molecule has 4 N–H and O–H groups in total. The molecule has 3 aromatic rings. The Morgan fingerprint density at radius 3 is 1.63 bits per heavy atom. The van der Waals surface area contributed by atoms with Crippen molar-refractivity contribution < 1.29 is 14.4 Å². The fraction of sp³-hybridized carbons (Fsp3) is 0. The Balaban J connectivity index is 1.49. The number of hydrogen-bond acceptors (Lipinski definition) is 4. The van der Waals surface area contributed by atoms with Crippen LogP contribution in [0.1, 0.15) is 31.1 Å². The zero-order valence-corrected chi connectivity index (χ0v) is 16.5. The maximum Gasteiger partial charge on any atom is 0.269 e. The van der Waals surface area contributed by atoms with Gasteiger partial charge in [-0.25, -0.2) is 0 Å². The number of hydrogen-bond donors (Lipinski definition) is 4. The molecule has 3 rings (SSSR count). The first-order chi connectivity index (χ1) is 14.5. The topological polar surface area (TPSA) is 99.3 Å². The number of nitrogens with one attached hydrogen (secondary N) is 4. The number of thiocarbonyl (C=S) groups is 1. The van der Waals surface area contributed by atoms with Gasteiger partial charge in [-0.2, -0.15) is 0 Å². The summed E-state index contributed by atoms with van der Waals surface area (Å²) in [5.41, 5.74) is 6.77. The molecule has 0 heterocycles. The highest BCUT2D eigenvalue weighted by molar-refractivity contribution is 7.80. The molecule has 0 unspecified atom stereocenters. The minimum Gasteiger partial charge on any atom is -0.322 e. The van der Waals surface area contributed by atoms with Gasteiger partial charge >= 0.3 is 0 Å². The van der Waals surface area contributed by atoms with Gasteiger partial charge in [-0.05, 0) is 60.7 Å². The van der Waals surface area contributed by atoms with Crippen molar-refractivity contribution in [2.75, 3.05) is 5.32 Å². The number of amides is 3. The molecule has 0 aliphatic heterocycles. The van der Waals surface area contributed by atoms with Crippen molar-refractivity contribution in [3.63, 3.8) is 0 Å². The molecule has 0 saturated heterocycles. The maximum absolute atomic E-state index is 12.2. The molecule has 8 heteroatoms. The Morgan fingerprint density at radius 2 is 1.07 bits per heavy atom. The normalized spacial score (nSPS) is 9.87.